The van der Waals surface area contributed by atoms with Crippen LogP contribution in [-0.4, -0.2) is 51.0 Å². The van der Waals surface area contributed by atoms with Crippen LogP contribution in [0.5, 0.6) is 5.75 Å². The quantitative estimate of drug-likeness (QED) is 0.383. The van der Waals surface area contributed by atoms with E-state index in [0.29, 0.717) is 42.2 Å². The molecule has 34 heavy (non-hydrogen) atoms. The molecule has 2 aliphatic heterocycles. The minimum absolute atomic E-state index is 0.131. The molecule has 0 bridgehead atoms. The van der Waals surface area contributed by atoms with Gasteiger partial charge in [-0.25, -0.2) is 9.98 Å². The summed E-state index contributed by atoms with van der Waals surface area (Å²) in [5.41, 5.74) is 4.42. The minimum Gasteiger partial charge on any atom is -0.497 e. The molecule has 0 fully saturated rings. The number of hydrogen-bond donors (Lipinski definition) is 0. The van der Waals surface area contributed by atoms with Crippen LogP contribution >= 0.6 is 11.6 Å². The molecule has 0 spiro atoms. The Bertz CT molecular complexity index is 1430. The summed E-state index contributed by atoms with van der Waals surface area (Å²) >= 11 is 6.34. The topological polar surface area (TPSA) is 88.6 Å². The van der Waals surface area contributed by atoms with Gasteiger partial charge >= 0.3 is 0 Å². The summed E-state index contributed by atoms with van der Waals surface area (Å²) in [5.74, 6) is 2.75. The predicted octanol–water partition coefficient (Wildman–Crippen LogP) is 3.82. The second-order valence-electron chi connectivity index (χ2n) is 8.07. The van der Waals surface area contributed by atoms with E-state index < -0.39 is 0 Å². The largest absolute Gasteiger partial charge is 0.497 e. The number of nitrogens with zero attached hydrogens (tertiary/aromatic N) is 6. The van der Waals surface area contributed by atoms with Crippen LogP contribution in [0.2, 0.25) is 5.02 Å². The lowest BCUT2D eigenvalue weighted by Crippen LogP contribution is -2.13. The highest BCUT2D eigenvalue weighted by Gasteiger charge is 2.31. The van der Waals surface area contributed by atoms with E-state index in [-0.39, 0.29) is 6.04 Å². The van der Waals surface area contributed by atoms with E-state index >= 15 is 0 Å². The van der Waals surface area contributed by atoms with Crippen molar-refractivity contribution in [1.29, 1.82) is 0 Å². The summed E-state index contributed by atoms with van der Waals surface area (Å²) in [6, 6.07) is 13.5. The van der Waals surface area contributed by atoms with Gasteiger partial charge in [0.2, 0.25) is 5.90 Å². The molecular formula is C24H21ClN6O3. The predicted molar refractivity (Wildman–Crippen MR) is 126 cm³/mol. The number of benzene rings is 2. The molecule has 2 aliphatic rings. The molecule has 0 saturated carbocycles. The Balaban J connectivity index is 1.46. The van der Waals surface area contributed by atoms with E-state index in [1.54, 1.807) is 20.5 Å². The molecule has 4 aromatic rings. The summed E-state index contributed by atoms with van der Waals surface area (Å²) in [5, 5.41) is 9.42. The van der Waals surface area contributed by atoms with E-state index in [0.717, 1.165) is 34.1 Å². The van der Waals surface area contributed by atoms with Gasteiger partial charge in [0.1, 0.15) is 37.0 Å². The van der Waals surface area contributed by atoms with Gasteiger partial charge in [-0.15, -0.1) is 10.2 Å². The van der Waals surface area contributed by atoms with E-state index in [2.05, 4.69) is 10.2 Å². The standard InChI is InChI=1S/C24H21ClN6O3/c1-32-12-21-28-29-23-17-9-15(25)6-7-19(17)31-13-26-22(20(31)10-30(21)23)24-27-18(11-34-24)14-4-3-5-16(8-14)33-2/h3-9,13,18H,10-12H2,1-2H3. The maximum absolute atomic E-state index is 6.34. The summed E-state index contributed by atoms with van der Waals surface area (Å²) in [6.07, 6.45) is 1.79. The highest BCUT2D eigenvalue weighted by Crippen LogP contribution is 2.35. The Kier molecular flexibility index (Phi) is 5.08. The molecule has 6 rings (SSSR count). The number of hydrogen-bond acceptors (Lipinski definition) is 7. The van der Waals surface area contributed by atoms with Crippen molar-refractivity contribution < 1.29 is 14.2 Å². The molecule has 1 atom stereocenters. The van der Waals surface area contributed by atoms with Crippen molar-refractivity contribution in [2.75, 3.05) is 20.8 Å². The number of rotatable bonds is 5. The van der Waals surface area contributed by atoms with Crippen LogP contribution in [0.4, 0.5) is 0 Å². The second kappa shape index (κ2) is 8.27. The first kappa shape index (κ1) is 20.9. The fourth-order valence-corrected chi connectivity index (χ4v) is 4.59. The lowest BCUT2D eigenvalue weighted by Gasteiger charge is -2.09. The van der Waals surface area contributed by atoms with E-state index in [9.17, 15) is 0 Å². The Morgan fingerprint density at radius 1 is 1.15 bits per heavy atom. The fourth-order valence-electron chi connectivity index (χ4n) is 4.42. The number of halogens is 1. The zero-order valence-electron chi connectivity index (χ0n) is 18.6. The van der Waals surface area contributed by atoms with E-state index in [1.165, 1.54) is 0 Å². The van der Waals surface area contributed by atoms with Crippen molar-refractivity contribution in [3.8, 4) is 22.8 Å². The number of aromatic nitrogens is 5. The van der Waals surface area contributed by atoms with Crippen LogP contribution in [0.25, 0.3) is 17.1 Å². The number of fused-ring (bicyclic) bond motifs is 5. The van der Waals surface area contributed by atoms with Gasteiger partial charge in [-0.3, -0.25) is 4.57 Å². The third kappa shape index (κ3) is 3.36. The van der Waals surface area contributed by atoms with Gasteiger partial charge in [-0.1, -0.05) is 23.7 Å². The molecule has 2 aromatic heterocycles. The molecule has 0 amide bonds. The van der Waals surface area contributed by atoms with Gasteiger partial charge in [-0.05, 0) is 35.9 Å². The summed E-state index contributed by atoms with van der Waals surface area (Å²) in [4.78, 5) is 9.57. The first-order valence-corrected chi connectivity index (χ1v) is 11.2. The molecule has 9 nitrogen and oxygen atoms in total. The molecular weight excluding hydrogens is 456 g/mol. The molecule has 10 heteroatoms. The van der Waals surface area contributed by atoms with Gasteiger partial charge in [0, 0.05) is 17.7 Å². The highest BCUT2D eigenvalue weighted by molar-refractivity contribution is 6.31. The van der Waals surface area contributed by atoms with E-state index in [1.807, 2.05) is 51.6 Å². The Morgan fingerprint density at radius 3 is 2.91 bits per heavy atom. The molecule has 0 saturated heterocycles. The van der Waals surface area contributed by atoms with Crippen LogP contribution in [0.1, 0.15) is 28.8 Å². The lowest BCUT2D eigenvalue weighted by molar-refractivity contribution is 0.174. The Hall–Kier alpha value is -3.69. The van der Waals surface area contributed by atoms with Gasteiger partial charge in [0.15, 0.2) is 11.6 Å². The van der Waals surface area contributed by atoms with Gasteiger partial charge in [-0.2, -0.15) is 0 Å². The number of imidazole rings is 1. The Labute approximate surface area is 200 Å². The monoisotopic (exact) mass is 476 g/mol. The van der Waals surface area contributed by atoms with Crippen LogP contribution in [0.15, 0.2) is 53.8 Å². The van der Waals surface area contributed by atoms with Crippen molar-refractivity contribution >= 4 is 17.5 Å². The second-order valence-corrected chi connectivity index (χ2v) is 8.50. The third-order valence-electron chi connectivity index (χ3n) is 6.07. The van der Waals surface area contributed by atoms with Crippen molar-refractivity contribution in [1.82, 2.24) is 24.3 Å². The number of aliphatic imine (C=N–C) groups is 1. The van der Waals surface area contributed by atoms with Gasteiger partial charge in [0.25, 0.3) is 0 Å². The maximum atomic E-state index is 6.34. The van der Waals surface area contributed by atoms with Gasteiger partial charge in [0.05, 0.1) is 25.0 Å². The number of methoxy groups -OCH3 is 2. The van der Waals surface area contributed by atoms with Crippen molar-refractivity contribution in [3.05, 3.63) is 76.6 Å². The molecule has 0 N–H and O–H groups in total. The first-order chi connectivity index (χ1) is 16.7. The maximum Gasteiger partial charge on any atom is 0.238 e. The summed E-state index contributed by atoms with van der Waals surface area (Å²) in [6.45, 7) is 1.25. The van der Waals surface area contributed by atoms with Crippen LogP contribution in [0.3, 0.4) is 0 Å². The van der Waals surface area contributed by atoms with Crippen LogP contribution < -0.4 is 4.74 Å². The third-order valence-corrected chi connectivity index (χ3v) is 6.30. The van der Waals surface area contributed by atoms with E-state index in [4.69, 9.17) is 35.8 Å². The van der Waals surface area contributed by atoms with Crippen molar-refractivity contribution in [2.45, 2.75) is 19.2 Å². The fraction of sp³-hybridized carbons (Fsp3) is 0.250. The first-order valence-electron chi connectivity index (χ1n) is 10.8. The van der Waals surface area contributed by atoms with Crippen molar-refractivity contribution in [3.63, 3.8) is 0 Å². The minimum atomic E-state index is -0.131. The molecule has 2 aromatic carbocycles. The van der Waals surface area contributed by atoms with Crippen LogP contribution in [-0.2, 0) is 22.6 Å². The molecule has 1 unspecified atom stereocenters. The molecule has 4 heterocycles. The average molecular weight is 477 g/mol. The summed E-state index contributed by atoms with van der Waals surface area (Å²) < 4.78 is 20.8. The smallest absolute Gasteiger partial charge is 0.238 e. The molecule has 0 aliphatic carbocycles. The Morgan fingerprint density at radius 2 is 2.06 bits per heavy atom. The zero-order chi connectivity index (χ0) is 23.2. The van der Waals surface area contributed by atoms with Crippen LogP contribution in [0, 0.1) is 0 Å². The van der Waals surface area contributed by atoms with Crippen molar-refractivity contribution in [2.24, 2.45) is 4.99 Å². The normalized spacial score (nSPS) is 16.2. The molecule has 172 valence electrons. The SMILES string of the molecule is COCc1nnc2n1Cc1c(C3=NC(c4cccc(OC)c4)CO3)ncn1-c1ccc(Cl)cc1-2. The zero-order valence-corrected chi connectivity index (χ0v) is 19.4. The lowest BCUT2D eigenvalue weighted by atomic mass is 10.1. The highest BCUT2D eigenvalue weighted by atomic mass is 35.5. The van der Waals surface area contributed by atoms with Gasteiger partial charge < -0.3 is 18.8 Å². The number of ether oxygens (including phenoxy) is 3. The molecule has 0 radical (unpaired) electrons. The summed E-state index contributed by atoms with van der Waals surface area (Å²) in [7, 11) is 3.29. The average Bonchev–Trinajstić information content (AvgIpc) is 3.57.